The zero-order chi connectivity index (χ0) is 17.6. The average Bonchev–Trinajstić information content (AvgIpc) is 2.60. The Kier molecular flexibility index (Phi) is 6.84. The molecule has 140 valence electrons. The van der Waals surface area contributed by atoms with Crippen LogP contribution in [-0.2, 0) is 6.54 Å². The molecule has 0 radical (unpaired) electrons. The molecule has 1 aromatic carbocycles. The van der Waals surface area contributed by atoms with Crippen molar-refractivity contribution in [3.63, 3.8) is 0 Å². The van der Waals surface area contributed by atoms with Crippen LogP contribution in [-0.4, -0.2) is 90.2 Å². The van der Waals surface area contributed by atoms with Crippen LogP contribution in [0, 0.1) is 0 Å². The Bertz CT molecular complexity index is 548. The maximum Gasteiger partial charge on any atom is 0.161 e. The highest BCUT2D eigenvalue weighted by molar-refractivity contribution is 7.99. The van der Waals surface area contributed by atoms with Gasteiger partial charge in [-0.2, -0.15) is 11.8 Å². The summed E-state index contributed by atoms with van der Waals surface area (Å²) in [5.41, 5.74) is 1.13. The third-order valence-electron chi connectivity index (χ3n) is 4.58. The molecule has 7 heteroatoms. The Hall–Kier alpha value is -0.990. The number of nitrogens with zero attached hydrogens (tertiary/aromatic N) is 2. The van der Waals surface area contributed by atoms with E-state index in [1.165, 1.54) is 0 Å². The Balaban J connectivity index is 1.49. The van der Waals surface area contributed by atoms with E-state index in [-0.39, 0.29) is 12.7 Å². The van der Waals surface area contributed by atoms with Crippen molar-refractivity contribution >= 4 is 11.8 Å². The van der Waals surface area contributed by atoms with Crippen molar-refractivity contribution in [1.29, 1.82) is 0 Å². The smallest absolute Gasteiger partial charge is 0.161 e. The molecule has 0 bridgehead atoms. The fourth-order valence-corrected chi connectivity index (χ4v) is 4.16. The summed E-state index contributed by atoms with van der Waals surface area (Å²) >= 11 is 1.96. The Morgan fingerprint density at radius 1 is 1.20 bits per heavy atom. The first kappa shape index (κ1) is 18.8. The van der Waals surface area contributed by atoms with Crippen molar-refractivity contribution < 1.29 is 19.7 Å². The number of hydrogen-bond donors (Lipinski definition) is 2. The minimum absolute atomic E-state index is 0.190. The molecule has 1 unspecified atom stereocenters. The summed E-state index contributed by atoms with van der Waals surface area (Å²) in [6.45, 7) is 5.22. The van der Waals surface area contributed by atoms with Crippen molar-refractivity contribution in [2.45, 2.75) is 18.8 Å². The monoisotopic (exact) mass is 368 g/mol. The molecule has 6 nitrogen and oxygen atoms in total. The van der Waals surface area contributed by atoms with Gasteiger partial charge in [0.2, 0.25) is 0 Å². The molecule has 1 aromatic rings. The van der Waals surface area contributed by atoms with Crippen LogP contribution >= 0.6 is 11.8 Å². The number of hydrogen-bond acceptors (Lipinski definition) is 7. The Morgan fingerprint density at radius 3 is 2.64 bits per heavy atom. The highest BCUT2D eigenvalue weighted by atomic mass is 32.2. The van der Waals surface area contributed by atoms with E-state index in [1.807, 2.05) is 30.0 Å². The molecule has 2 saturated heterocycles. The van der Waals surface area contributed by atoms with E-state index in [2.05, 4.69) is 9.80 Å². The lowest BCUT2D eigenvalue weighted by Gasteiger charge is -2.35. The fraction of sp³-hybridized carbons (Fsp3) is 0.667. The molecule has 1 atom stereocenters. The number of β-amino-alcohol motifs (C(OH)–C–C–N with tert-alkyl or cyclic N) is 2. The number of ether oxygens (including phenoxy) is 2. The lowest BCUT2D eigenvalue weighted by atomic mass is 10.1. The predicted molar refractivity (Wildman–Crippen MR) is 99.5 cm³/mol. The standard InChI is InChI=1S/C18H28N2O4S/c1-23-18-8-14(9-20-10-15(21)11-20)2-3-17(18)24-13-16(22)12-19-4-6-25-7-5-19/h2-3,8,15-16,21-22H,4-7,9-13H2,1H3. The van der Waals surface area contributed by atoms with Gasteiger partial charge in [0.05, 0.1) is 13.2 Å². The largest absolute Gasteiger partial charge is 0.493 e. The molecule has 2 N–H and O–H groups in total. The number of rotatable bonds is 8. The van der Waals surface area contributed by atoms with Gasteiger partial charge in [-0.1, -0.05) is 6.07 Å². The molecule has 0 amide bonds. The van der Waals surface area contributed by atoms with E-state index in [0.29, 0.717) is 18.0 Å². The summed E-state index contributed by atoms with van der Waals surface area (Å²) in [4.78, 5) is 4.47. The zero-order valence-electron chi connectivity index (χ0n) is 14.8. The molecule has 0 aromatic heterocycles. The van der Waals surface area contributed by atoms with E-state index >= 15 is 0 Å². The second kappa shape index (κ2) is 9.09. The van der Waals surface area contributed by atoms with Crippen LogP contribution in [0.2, 0.25) is 0 Å². The van der Waals surface area contributed by atoms with Gasteiger partial charge in [-0.05, 0) is 17.7 Å². The van der Waals surface area contributed by atoms with Gasteiger partial charge in [-0.15, -0.1) is 0 Å². The zero-order valence-corrected chi connectivity index (χ0v) is 15.6. The molecule has 2 aliphatic heterocycles. The first-order valence-electron chi connectivity index (χ1n) is 8.82. The third-order valence-corrected chi connectivity index (χ3v) is 5.52. The van der Waals surface area contributed by atoms with Gasteiger partial charge in [-0.3, -0.25) is 9.80 Å². The number of likely N-dealkylation sites (tertiary alicyclic amines) is 1. The van der Waals surface area contributed by atoms with Crippen LogP contribution < -0.4 is 9.47 Å². The van der Waals surface area contributed by atoms with E-state index in [4.69, 9.17) is 9.47 Å². The topological polar surface area (TPSA) is 65.4 Å². The SMILES string of the molecule is COc1cc(CN2CC(O)C2)ccc1OCC(O)CN1CCSCC1. The fourth-order valence-electron chi connectivity index (χ4n) is 3.18. The summed E-state index contributed by atoms with van der Waals surface area (Å²) in [5, 5.41) is 19.6. The molecule has 2 heterocycles. The van der Waals surface area contributed by atoms with E-state index in [0.717, 1.165) is 49.8 Å². The minimum atomic E-state index is -0.505. The molecular weight excluding hydrogens is 340 g/mol. The van der Waals surface area contributed by atoms with E-state index in [9.17, 15) is 10.2 Å². The number of benzene rings is 1. The van der Waals surface area contributed by atoms with Crippen LogP contribution in [0.1, 0.15) is 5.56 Å². The molecule has 25 heavy (non-hydrogen) atoms. The molecule has 0 aliphatic carbocycles. The first-order valence-corrected chi connectivity index (χ1v) is 9.98. The highest BCUT2D eigenvalue weighted by Crippen LogP contribution is 2.29. The van der Waals surface area contributed by atoms with Crippen molar-refractivity contribution in [2.24, 2.45) is 0 Å². The third kappa shape index (κ3) is 5.49. The molecular formula is C18H28N2O4S. The summed E-state index contributed by atoms with van der Waals surface area (Å²) in [6.07, 6.45) is -0.695. The van der Waals surface area contributed by atoms with Crippen molar-refractivity contribution in [3.8, 4) is 11.5 Å². The highest BCUT2D eigenvalue weighted by Gasteiger charge is 2.24. The maximum absolute atomic E-state index is 10.2. The van der Waals surface area contributed by atoms with Crippen LogP contribution in [0.4, 0.5) is 0 Å². The van der Waals surface area contributed by atoms with Crippen molar-refractivity contribution in [1.82, 2.24) is 9.80 Å². The summed E-state index contributed by atoms with van der Waals surface area (Å²) in [7, 11) is 1.63. The van der Waals surface area contributed by atoms with E-state index in [1.54, 1.807) is 7.11 Å². The molecule has 0 spiro atoms. The molecule has 0 saturated carbocycles. The van der Waals surface area contributed by atoms with Crippen LogP contribution in [0.3, 0.4) is 0 Å². The normalized spacial score (nSPS) is 20.9. The molecule has 3 rings (SSSR count). The van der Waals surface area contributed by atoms with Crippen LogP contribution in [0.15, 0.2) is 18.2 Å². The van der Waals surface area contributed by atoms with Crippen molar-refractivity contribution in [3.05, 3.63) is 23.8 Å². The van der Waals surface area contributed by atoms with E-state index < -0.39 is 6.10 Å². The average molecular weight is 368 g/mol. The quantitative estimate of drug-likeness (QED) is 0.699. The predicted octanol–water partition coefficient (Wildman–Crippen LogP) is 0.660. The van der Waals surface area contributed by atoms with Crippen LogP contribution in [0.25, 0.3) is 0 Å². The summed E-state index contributed by atoms with van der Waals surface area (Å²) < 4.78 is 11.2. The number of aliphatic hydroxyl groups excluding tert-OH is 2. The second-order valence-electron chi connectivity index (χ2n) is 6.71. The second-order valence-corrected chi connectivity index (χ2v) is 7.94. The Morgan fingerprint density at radius 2 is 1.96 bits per heavy atom. The van der Waals surface area contributed by atoms with Gasteiger partial charge < -0.3 is 19.7 Å². The number of thioether (sulfide) groups is 1. The van der Waals surface area contributed by atoms with Gasteiger partial charge in [0.15, 0.2) is 11.5 Å². The molecule has 2 aliphatic rings. The van der Waals surface area contributed by atoms with Gasteiger partial charge in [-0.25, -0.2) is 0 Å². The minimum Gasteiger partial charge on any atom is -0.493 e. The number of aliphatic hydroxyl groups is 2. The van der Waals surface area contributed by atoms with Gasteiger partial charge in [0.25, 0.3) is 0 Å². The lowest BCUT2D eigenvalue weighted by molar-refractivity contribution is -0.00290. The Labute approximate surface area is 153 Å². The van der Waals surface area contributed by atoms with Crippen molar-refractivity contribution in [2.75, 3.05) is 57.9 Å². The summed E-state index contributed by atoms with van der Waals surface area (Å²) in [5.74, 6) is 3.61. The van der Waals surface area contributed by atoms with Gasteiger partial charge >= 0.3 is 0 Å². The number of methoxy groups -OCH3 is 1. The van der Waals surface area contributed by atoms with Gasteiger partial charge in [0.1, 0.15) is 12.7 Å². The lowest BCUT2D eigenvalue weighted by Crippen LogP contribution is -2.49. The first-order chi connectivity index (χ1) is 12.1. The molecule has 2 fully saturated rings. The summed E-state index contributed by atoms with van der Waals surface area (Å²) in [6, 6.07) is 5.87. The van der Waals surface area contributed by atoms with Gasteiger partial charge in [0, 0.05) is 50.8 Å². The van der Waals surface area contributed by atoms with Crippen LogP contribution in [0.5, 0.6) is 11.5 Å². The maximum atomic E-state index is 10.2.